The average Bonchev–Trinajstić information content (AvgIpc) is 2.11. The van der Waals surface area contributed by atoms with Crippen LogP contribution in [0.2, 0.25) is 0 Å². The summed E-state index contributed by atoms with van der Waals surface area (Å²) in [5.74, 6) is 0. The van der Waals surface area contributed by atoms with E-state index in [1.165, 1.54) is 12.6 Å². The highest BCUT2D eigenvalue weighted by atomic mass is 16.4. The number of benzene rings is 1. The van der Waals surface area contributed by atoms with Gasteiger partial charge in [0.15, 0.2) is 0 Å². The molecule has 2 nitrogen and oxygen atoms in total. The van der Waals surface area contributed by atoms with Gasteiger partial charge in [0.25, 0.3) is 0 Å². The van der Waals surface area contributed by atoms with Gasteiger partial charge in [-0.1, -0.05) is 35.9 Å². The lowest BCUT2D eigenvalue weighted by atomic mass is 10.2. The lowest BCUT2D eigenvalue weighted by molar-refractivity contribution is 0.277. The molecule has 0 amide bonds. The van der Waals surface area contributed by atoms with Gasteiger partial charge >= 0.3 is 0 Å². The molecule has 0 spiro atoms. The van der Waals surface area contributed by atoms with Crippen molar-refractivity contribution in [1.29, 1.82) is 0 Å². The van der Waals surface area contributed by atoms with Crippen LogP contribution in [0, 0.1) is 6.92 Å². The van der Waals surface area contributed by atoms with Crippen molar-refractivity contribution in [3.05, 3.63) is 35.9 Å². The summed E-state index contributed by atoms with van der Waals surface area (Å²) in [6.07, 6.45) is 0. The molecule has 2 heteroatoms. The monoisotopic (exact) mass is 169 g/mol. The van der Waals surface area contributed by atoms with Crippen LogP contribution in [0.4, 0.5) is 0 Å². The molecule has 70 valence electrons. The summed E-state index contributed by atoms with van der Waals surface area (Å²) in [6.45, 7) is 2.08. The van der Waals surface area contributed by atoms with Gasteiger partial charge in [-0.3, -0.25) is 0 Å². The standard InChI is InChI=1S/C7H8.C2H6O.CH5N/c1-7-5-3-2-4-6-7;1-3-2;1-2/h2-6H,1H3;1-2H3;2H2,1H3. The molecule has 2 N–H and O–H groups in total. The number of aryl methyl sites for hydroxylation is 1. The molecule has 0 aromatic heterocycles. The zero-order valence-corrected chi connectivity index (χ0v) is 8.37. The quantitative estimate of drug-likeness (QED) is 0.643. The van der Waals surface area contributed by atoms with Crippen molar-refractivity contribution in [2.24, 2.45) is 5.73 Å². The zero-order valence-electron chi connectivity index (χ0n) is 8.37. The number of hydrogen-bond donors (Lipinski definition) is 1. The third-order valence-corrected chi connectivity index (χ3v) is 0.940. The van der Waals surface area contributed by atoms with Crippen LogP contribution in [0.15, 0.2) is 30.3 Å². The summed E-state index contributed by atoms with van der Waals surface area (Å²) >= 11 is 0. The first-order chi connectivity index (χ1) is 5.81. The van der Waals surface area contributed by atoms with Gasteiger partial charge in [-0.15, -0.1) is 0 Å². The minimum atomic E-state index is 1.32. The maximum atomic E-state index is 4.50. The van der Waals surface area contributed by atoms with E-state index in [0.717, 1.165) is 0 Å². The third-order valence-electron chi connectivity index (χ3n) is 0.940. The Balaban J connectivity index is 0. The van der Waals surface area contributed by atoms with Crippen LogP contribution in [-0.2, 0) is 4.74 Å². The Bertz CT molecular complexity index is 151. The Morgan fingerprint density at radius 1 is 1.00 bits per heavy atom. The van der Waals surface area contributed by atoms with E-state index in [1.807, 2.05) is 18.2 Å². The Kier molecular flexibility index (Phi) is 14.6. The van der Waals surface area contributed by atoms with E-state index in [2.05, 4.69) is 29.5 Å². The third kappa shape index (κ3) is 11.9. The largest absolute Gasteiger partial charge is 0.388 e. The highest BCUT2D eigenvalue weighted by Gasteiger charge is 1.72. The minimum Gasteiger partial charge on any atom is -0.388 e. The van der Waals surface area contributed by atoms with E-state index >= 15 is 0 Å². The fourth-order valence-electron chi connectivity index (χ4n) is 0.534. The van der Waals surface area contributed by atoms with Crippen LogP contribution in [0.3, 0.4) is 0 Å². The number of nitrogens with two attached hydrogens (primary N) is 1. The van der Waals surface area contributed by atoms with Crippen LogP contribution < -0.4 is 5.73 Å². The van der Waals surface area contributed by atoms with Crippen LogP contribution in [-0.4, -0.2) is 21.3 Å². The number of rotatable bonds is 0. The Labute approximate surface area is 75.4 Å². The molecular formula is C10H19NO. The van der Waals surface area contributed by atoms with Crippen molar-refractivity contribution < 1.29 is 4.74 Å². The van der Waals surface area contributed by atoms with Gasteiger partial charge in [-0.05, 0) is 14.0 Å². The summed E-state index contributed by atoms with van der Waals surface area (Å²) in [5, 5.41) is 0. The topological polar surface area (TPSA) is 35.2 Å². The molecule has 0 bridgehead atoms. The fraction of sp³-hybridized carbons (Fsp3) is 0.400. The first-order valence-corrected chi connectivity index (χ1v) is 3.80. The molecule has 0 heterocycles. The van der Waals surface area contributed by atoms with Crippen molar-refractivity contribution >= 4 is 0 Å². The average molecular weight is 169 g/mol. The van der Waals surface area contributed by atoms with Crippen LogP contribution >= 0.6 is 0 Å². The molecule has 0 aliphatic carbocycles. The molecule has 12 heavy (non-hydrogen) atoms. The maximum absolute atomic E-state index is 4.50. The van der Waals surface area contributed by atoms with Gasteiger partial charge in [0.1, 0.15) is 0 Å². The summed E-state index contributed by atoms with van der Waals surface area (Å²) < 4.78 is 4.25. The highest BCUT2D eigenvalue weighted by molar-refractivity contribution is 5.11. The van der Waals surface area contributed by atoms with E-state index in [-0.39, 0.29) is 0 Å². The Morgan fingerprint density at radius 2 is 1.33 bits per heavy atom. The van der Waals surface area contributed by atoms with Crippen LogP contribution in [0.1, 0.15) is 5.56 Å². The van der Waals surface area contributed by atoms with Crippen molar-refractivity contribution in [1.82, 2.24) is 0 Å². The minimum absolute atomic E-state index is 1.32. The number of methoxy groups -OCH3 is 1. The molecule has 0 fully saturated rings. The predicted octanol–water partition coefficient (Wildman–Crippen LogP) is 1.83. The molecule has 1 aromatic rings. The van der Waals surface area contributed by atoms with E-state index < -0.39 is 0 Å². The molecule has 0 saturated carbocycles. The summed E-state index contributed by atoms with van der Waals surface area (Å²) in [4.78, 5) is 0. The Morgan fingerprint density at radius 3 is 1.50 bits per heavy atom. The van der Waals surface area contributed by atoms with Gasteiger partial charge in [0, 0.05) is 14.2 Å². The second-order valence-electron chi connectivity index (χ2n) is 2.06. The molecule has 1 aromatic carbocycles. The number of hydrogen-bond acceptors (Lipinski definition) is 2. The lowest BCUT2D eigenvalue weighted by Gasteiger charge is -1.82. The molecule has 1 rings (SSSR count). The SMILES string of the molecule is CN.COC.Cc1ccccc1. The lowest BCUT2D eigenvalue weighted by Crippen LogP contribution is -1.69. The second kappa shape index (κ2) is 12.8. The van der Waals surface area contributed by atoms with Gasteiger partial charge in [-0.25, -0.2) is 0 Å². The maximum Gasteiger partial charge on any atom is 0.0351 e. The molecule has 0 aliphatic heterocycles. The molecule has 0 saturated heterocycles. The van der Waals surface area contributed by atoms with Crippen molar-refractivity contribution in [3.63, 3.8) is 0 Å². The molecule has 0 aliphatic rings. The van der Waals surface area contributed by atoms with E-state index in [9.17, 15) is 0 Å². The first kappa shape index (κ1) is 13.7. The normalized spacial score (nSPS) is 7.08. The number of ether oxygens (including phenoxy) is 1. The van der Waals surface area contributed by atoms with E-state index in [1.54, 1.807) is 14.2 Å². The first-order valence-electron chi connectivity index (χ1n) is 3.80. The molecule has 0 atom stereocenters. The van der Waals surface area contributed by atoms with Crippen molar-refractivity contribution in [2.45, 2.75) is 6.92 Å². The van der Waals surface area contributed by atoms with Crippen molar-refractivity contribution in [2.75, 3.05) is 21.3 Å². The van der Waals surface area contributed by atoms with Gasteiger partial charge < -0.3 is 10.5 Å². The zero-order chi connectivity index (χ0) is 9.82. The van der Waals surface area contributed by atoms with E-state index in [0.29, 0.717) is 0 Å². The predicted molar refractivity (Wildman–Crippen MR) is 54.2 cm³/mol. The molecule has 0 unspecified atom stereocenters. The van der Waals surface area contributed by atoms with Crippen LogP contribution in [0.5, 0.6) is 0 Å². The summed E-state index contributed by atoms with van der Waals surface area (Å²) in [5.41, 5.74) is 5.82. The second-order valence-corrected chi connectivity index (χ2v) is 2.06. The van der Waals surface area contributed by atoms with E-state index in [4.69, 9.17) is 0 Å². The van der Waals surface area contributed by atoms with Gasteiger partial charge in [-0.2, -0.15) is 0 Å². The van der Waals surface area contributed by atoms with Gasteiger partial charge in [0.05, 0.1) is 0 Å². The van der Waals surface area contributed by atoms with Crippen molar-refractivity contribution in [3.8, 4) is 0 Å². The molecular weight excluding hydrogens is 150 g/mol. The fourth-order valence-corrected chi connectivity index (χ4v) is 0.534. The molecule has 0 radical (unpaired) electrons. The van der Waals surface area contributed by atoms with Gasteiger partial charge in [0.2, 0.25) is 0 Å². The highest BCUT2D eigenvalue weighted by Crippen LogP contribution is 1.92. The smallest absolute Gasteiger partial charge is 0.0351 e. The summed E-state index contributed by atoms with van der Waals surface area (Å²) in [6, 6.07) is 10.3. The summed E-state index contributed by atoms with van der Waals surface area (Å²) in [7, 11) is 4.75. The van der Waals surface area contributed by atoms with Crippen LogP contribution in [0.25, 0.3) is 0 Å². The Hall–Kier alpha value is -0.860.